The van der Waals surface area contributed by atoms with Crippen LogP contribution in [0.2, 0.25) is 0 Å². The first-order valence-electron chi connectivity index (χ1n) is 16.5. The predicted molar refractivity (Wildman–Crippen MR) is 179 cm³/mol. The number of nitrogens with zero attached hydrogens (tertiary/aromatic N) is 3. The summed E-state index contributed by atoms with van der Waals surface area (Å²) in [6, 6.07) is 5.95. The SMILES string of the molecule is CC(C)[C@@H](C[C@@H](O)c1nc(C(=O)N[C@@H](CCc2ccccc2)C[C@H](C)C(=O)O)cs1)N(C)C(=O)[C@H](CC(F)(F)F)NC(=O)[C@H]1CCCN1C. The van der Waals surface area contributed by atoms with Crippen LogP contribution in [0.15, 0.2) is 35.7 Å². The quantitative estimate of drug-likeness (QED) is 0.188. The Morgan fingerprint density at radius 2 is 1.78 bits per heavy atom. The Hall–Kier alpha value is -3.56. The van der Waals surface area contributed by atoms with Crippen molar-refractivity contribution in [2.75, 3.05) is 20.6 Å². The van der Waals surface area contributed by atoms with E-state index in [0.717, 1.165) is 28.2 Å². The predicted octanol–water partition coefficient (Wildman–Crippen LogP) is 4.42. The molecule has 49 heavy (non-hydrogen) atoms. The van der Waals surface area contributed by atoms with Crippen molar-refractivity contribution in [1.82, 2.24) is 25.4 Å². The first-order chi connectivity index (χ1) is 23.0. The Labute approximate surface area is 289 Å². The first kappa shape index (κ1) is 39.9. The number of amides is 3. The Balaban J connectivity index is 1.70. The van der Waals surface area contributed by atoms with Gasteiger partial charge < -0.3 is 25.7 Å². The number of thiazole rings is 1. The molecule has 0 radical (unpaired) electrons. The van der Waals surface area contributed by atoms with Gasteiger partial charge in [0.2, 0.25) is 11.8 Å². The van der Waals surface area contributed by atoms with Gasteiger partial charge in [-0.1, -0.05) is 51.1 Å². The lowest BCUT2D eigenvalue weighted by molar-refractivity contribution is -0.157. The molecule has 1 aliphatic rings. The number of aromatic nitrogens is 1. The fraction of sp³-hybridized carbons (Fsp3) is 0.618. The van der Waals surface area contributed by atoms with Crippen LogP contribution in [0.1, 0.15) is 86.5 Å². The number of alkyl halides is 3. The average Bonchev–Trinajstić information content (AvgIpc) is 3.71. The highest BCUT2D eigenvalue weighted by molar-refractivity contribution is 7.09. The average molecular weight is 712 g/mol. The summed E-state index contributed by atoms with van der Waals surface area (Å²) in [4.78, 5) is 58.3. The number of rotatable bonds is 17. The topological polar surface area (TPSA) is 152 Å². The zero-order valence-corrected chi connectivity index (χ0v) is 29.4. The van der Waals surface area contributed by atoms with Crippen molar-refractivity contribution in [3.63, 3.8) is 0 Å². The largest absolute Gasteiger partial charge is 0.481 e. The number of carboxylic acid groups (broad SMARTS) is 1. The van der Waals surface area contributed by atoms with Gasteiger partial charge in [0, 0.05) is 30.9 Å². The smallest absolute Gasteiger partial charge is 0.391 e. The highest BCUT2D eigenvalue weighted by atomic mass is 32.1. The van der Waals surface area contributed by atoms with Crippen molar-refractivity contribution in [2.24, 2.45) is 11.8 Å². The van der Waals surface area contributed by atoms with E-state index < -0.39 is 72.5 Å². The maximum absolute atomic E-state index is 13.6. The second kappa shape index (κ2) is 17.9. The Morgan fingerprint density at radius 1 is 1.10 bits per heavy atom. The normalized spacial score (nSPS) is 18.4. The zero-order chi connectivity index (χ0) is 36.5. The molecule has 0 unspecified atom stereocenters. The van der Waals surface area contributed by atoms with Gasteiger partial charge in [0.25, 0.3) is 5.91 Å². The maximum Gasteiger partial charge on any atom is 0.391 e. The molecule has 0 bridgehead atoms. The second-order valence-electron chi connectivity index (χ2n) is 13.3. The Morgan fingerprint density at radius 3 is 2.35 bits per heavy atom. The number of aliphatic hydroxyl groups is 1. The van der Waals surface area contributed by atoms with E-state index in [-0.39, 0.29) is 29.5 Å². The van der Waals surface area contributed by atoms with Gasteiger partial charge >= 0.3 is 12.1 Å². The second-order valence-corrected chi connectivity index (χ2v) is 14.2. The third kappa shape index (κ3) is 12.1. The summed E-state index contributed by atoms with van der Waals surface area (Å²) in [6.07, 6.45) is -5.06. The molecule has 0 saturated carbocycles. The van der Waals surface area contributed by atoms with Gasteiger partial charge in [-0.15, -0.1) is 11.3 Å². The highest BCUT2D eigenvalue weighted by Gasteiger charge is 2.41. The minimum absolute atomic E-state index is 0.0297. The summed E-state index contributed by atoms with van der Waals surface area (Å²) >= 11 is 1.02. The van der Waals surface area contributed by atoms with Crippen LogP contribution >= 0.6 is 11.3 Å². The van der Waals surface area contributed by atoms with E-state index in [9.17, 15) is 42.6 Å². The summed E-state index contributed by atoms with van der Waals surface area (Å²) < 4.78 is 40.7. The molecule has 272 valence electrons. The molecular weight excluding hydrogens is 663 g/mol. The lowest BCUT2D eigenvalue weighted by atomic mass is 9.95. The van der Waals surface area contributed by atoms with Crippen LogP contribution < -0.4 is 10.6 Å². The lowest BCUT2D eigenvalue weighted by Crippen LogP contribution is -2.55. The van der Waals surface area contributed by atoms with Gasteiger partial charge in [-0.2, -0.15) is 13.2 Å². The minimum atomic E-state index is -4.72. The lowest BCUT2D eigenvalue weighted by Gasteiger charge is -2.35. The molecule has 1 aromatic carbocycles. The van der Waals surface area contributed by atoms with Crippen molar-refractivity contribution in [2.45, 2.75) is 102 Å². The van der Waals surface area contributed by atoms with E-state index in [1.165, 1.54) is 12.4 Å². The van der Waals surface area contributed by atoms with Crippen molar-refractivity contribution in [3.05, 3.63) is 52.0 Å². The number of carboxylic acids is 1. The third-order valence-corrected chi connectivity index (χ3v) is 9.96. The van der Waals surface area contributed by atoms with Crippen LogP contribution in [-0.4, -0.2) is 99.7 Å². The molecule has 1 aliphatic heterocycles. The molecule has 1 aromatic heterocycles. The van der Waals surface area contributed by atoms with E-state index in [1.807, 2.05) is 30.3 Å². The number of halogens is 3. The number of hydrogen-bond acceptors (Lipinski definition) is 8. The van der Waals surface area contributed by atoms with Gasteiger partial charge in [0.1, 0.15) is 22.8 Å². The molecule has 6 atom stereocenters. The summed E-state index contributed by atoms with van der Waals surface area (Å²) in [5, 5.41) is 27.4. The number of likely N-dealkylation sites (N-methyl/N-ethyl adjacent to an activating group) is 2. The Kier molecular flexibility index (Phi) is 14.6. The molecule has 2 aromatic rings. The maximum atomic E-state index is 13.6. The van der Waals surface area contributed by atoms with E-state index in [1.54, 1.807) is 32.7 Å². The Bertz CT molecular complexity index is 1410. The first-order valence-corrected chi connectivity index (χ1v) is 17.4. The van der Waals surface area contributed by atoms with E-state index >= 15 is 0 Å². The van der Waals surface area contributed by atoms with E-state index in [0.29, 0.717) is 25.8 Å². The van der Waals surface area contributed by atoms with Crippen molar-refractivity contribution in [3.8, 4) is 0 Å². The fourth-order valence-electron chi connectivity index (χ4n) is 6.12. The van der Waals surface area contributed by atoms with Crippen LogP contribution in [0.3, 0.4) is 0 Å². The summed E-state index contributed by atoms with van der Waals surface area (Å²) in [5.74, 6) is -4.06. The molecule has 4 N–H and O–H groups in total. The van der Waals surface area contributed by atoms with E-state index in [4.69, 9.17) is 0 Å². The zero-order valence-electron chi connectivity index (χ0n) is 28.6. The number of likely N-dealkylation sites (tertiary alicyclic amines) is 1. The fourth-order valence-corrected chi connectivity index (χ4v) is 6.92. The number of aliphatic carboxylic acids is 1. The number of aryl methyl sites for hydroxylation is 1. The van der Waals surface area contributed by atoms with Gasteiger partial charge in [-0.3, -0.25) is 24.1 Å². The number of hydrogen-bond donors (Lipinski definition) is 4. The molecule has 3 amide bonds. The van der Waals surface area contributed by atoms with Crippen molar-refractivity contribution >= 4 is 35.0 Å². The summed E-state index contributed by atoms with van der Waals surface area (Å²) in [6.45, 7) is 5.73. The van der Waals surface area contributed by atoms with Crippen LogP contribution in [0.4, 0.5) is 13.2 Å². The number of nitrogens with one attached hydrogen (secondary N) is 2. The monoisotopic (exact) mass is 711 g/mol. The van der Waals surface area contributed by atoms with E-state index in [2.05, 4.69) is 15.6 Å². The van der Waals surface area contributed by atoms with Crippen molar-refractivity contribution < 1.29 is 42.6 Å². The summed E-state index contributed by atoms with van der Waals surface area (Å²) in [7, 11) is 3.06. The molecular formula is C34H48F3N5O6S. The van der Waals surface area contributed by atoms with Crippen molar-refractivity contribution in [1.29, 1.82) is 0 Å². The molecule has 11 nitrogen and oxygen atoms in total. The van der Waals surface area contributed by atoms with Gasteiger partial charge in [0.15, 0.2) is 0 Å². The molecule has 0 aliphatic carbocycles. The van der Waals surface area contributed by atoms with Crippen LogP contribution in [0, 0.1) is 11.8 Å². The van der Waals surface area contributed by atoms with Crippen LogP contribution in [-0.2, 0) is 20.8 Å². The molecule has 0 spiro atoms. The van der Waals surface area contributed by atoms with Gasteiger partial charge in [-0.05, 0) is 57.2 Å². The molecule has 3 rings (SSSR count). The molecule has 1 fully saturated rings. The standard InChI is InChI=1S/C34H48F3N5O6S/c1-20(2)27(42(5)32(46)24(18-34(35,36)37)39-30(45)26-12-9-15-41(26)4)17-28(43)31-40-25(19-49-31)29(44)38-23(16-21(3)33(47)48)14-13-22-10-7-6-8-11-22/h6-8,10-11,19-21,23-24,26-28,43H,9,12-18H2,1-5H3,(H,38,44)(H,39,45)(H,47,48)/t21-,23-,24-,26+,27+,28+/m0/s1. The number of carbonyl (C=O) groups is 4. The van der Waals surface area contributed by atoms with Gasteiger partial charge in [-0.25, -0.2) is 4.98 Å². The highest BCUT2D eigenvalue weighted by Crippen LogP contribution is 2.29. The third-order valence-electron chi connectivity index (χ3n) is 9.01. The number of benzene rings is 1. The molecule has 15 heteroatoms. The number of carbonyl (C=O) groups excluding carboxylic acids is 3. The van der Waals surface area contributed by atoms with Crippen LogP contribution in [0.5, 0.6) is 0 Å². The van der Waals surface area contributed by atoms with Crippen LogP contribution in [0.25, 0.3) is 0 Å². The minimum Gasteiger partial charge on any atom is -0.481 e. The number of aliphatic hydroxyl groups excluding tert-OH is 1. The summed E-state index contributed by atoms with van der Waals surface area (Å²) in [5.41, 5.74) is 1.07. The molecule has 1 saturated heterocycles. The van der Waals surface area contributed by atoms with Gasteiger partial charge in [0.05, 0.1) is 18.4 Å². The molecule has 2 heterocycles.